The third-order valence-electron chi connectivity index (χ3n) is 2.16. The fraction of sp³-hybridized carbons (Fsp3) is 0.556. The predicted octanol–water partition coefficient (Wildman–Crippen LogP) is 3.64. The average molecular weight is 373 g/mol. The second kappa shape index (κ2) is 5.42. The highest BCUT2D eigenvalue weighted by Gasteiger charge is 2.26. The summed E-state index contributed by atoms with van der Waals surface area (Å²) in [4.78, 5) is 8.74. The number of halogens is 2. The summed E-state index contributed by atoms with van der Waals surface area (Å²) in [5.41, 5.74) is 0. The normalized spacial score (nSPS) is 26.6. The lowest BCUT2D eigenvalue weighted by atomic mass is 10.3. The minimum absolute atomic E-state index is 0.387. The molecule has 2 nitrogen and oxygen atoms in total. The van der Waals surface area contributed by atoms with Gasteiger partial charge >= 0.3 is 0 Å². The number of thioether (sulfide) groups is 2. The fourth-order valence-corrected chi connectivity index (χ4v) is 4.50. The second-order valence-electron chi connectivity index (χ2n) is 3.23. The summed E-state index contributed by atoms with van der Waals surface area (Å²) in [5.74, 6) is 3.28. The van der Waals surface area contributed by atoms with Crippen LogP contribution in [0.5, 0.6) is 0 Å². The molecule has 2 rings (SSSR count). The molecule has 1 saturated heterocycles. The first-order chi connectivity index (χ1) is 7.18. The molecule has 0 amide bonds. The third-order valence-corrected chi connectivity index (χ3v) is 6.65. The molecule has 0 bridgehead atoms. The maximum absolute atomic E-state index is 6.01. The Morgan fingerprint density at radius 3 is 2.87 bits per heavy atom. The van der Waals surface area contributed by atoms with Crippen molar-refractivity contribution in [3.8, 4) is 0 Å². The van der Waals surface area contributed by atoms with E-state index >= 15 is 0 Å². The molecule has 2 heterocycles. The van der Waals surface area contributed by atoms with Gasteiger partial charge in [0.1, 0.15) is 11.0 Å². The quantitative estimate of drug-likeness (QED) is 0.555. The molecule has 1 aliphatic heterocycles. The van der Waals surface area contributed by atoms with Gasteiger partial charge in [-0.2, -0.15) is 11.8 Å². The maximum Gasteiger partial charge on any atom is 0.146 e. The Kier molecular flexibility index (Phi) is 4.43. The molecule has 0 spiro atoms. The minimum Gasteiger partial charge on any atom is -0.239 e. The van der Waals surface area contributed by atoms with Crippen LogP contribution in [0.3, 0.4) is 0 Å². The van der Waals surface area contributed by atoms with E-state index in [0.717, 1.165) is 9.39 Å². The van der Waals surface area contributed by atoms with Gasteiger partial charge in [0.05, 0.1) is 8.82 Å². The van der Waals surface area contributed by atoms with Crippen molar-refractivity contribution >= 4 is 57.7 Å². The molecule has 2 atom stereocenters. The van der Waals surface area contributed by atoms with Crippen LogP contribution in [0.1, 0.15) is 18.0 Å². The molecule has 1 aromatic rings. The van der Waals surface area contributed by atoms with E-state index in [9.17, 15) is 0 Å². The van der Waals surface area contributed by atoms with Crippen LogP contribution in [0, 0.1) is 3.57 Å². The van der Waals surface area contributed by atoms with E-state index in [4.69, 9.17) is 11.6 Å². The van der Waals surface area contributed by atoms with E-state index in [0.29, 0.717) is 15.7 Å². The number of hydrogen-bond donors (Lipinski definition) is 0. The number of nitrogens with zero attached hydrogens (tertiary/aromatic N) is 2. The van der Waals surface area contributed by atoms with Crippen molar-refractivity contribution in [1.82, 2.24) is 9.97 Å². The van der Waals surface area contributed by atoms with Gasteiger partial charge in [-0.05, 0) is 22.6 Å². The van der Waals surface area contributed by atoms with E-state index in [-0.39, 0.29) is 0 Å². The van der Waals surface area contributed by atoms with Crippen molar-refractivity contribution in [2.24, 2.45) is 0 Å². The third kappa shape index (κ3) is 2.92. The zero-order valence-electron chi connectivity index (χ0n) is 8.11. The monoisotopic (exact) mass is 372 g/mol. The lowest BCUT2D eigenvalue weighted by molar-refractivity contribution is 0.821. The van der Waals surface area contributed by atoms with Crippen LogP contribution in [0.25, 0.3) is 0 Å². The first-order valence-corrected chi connectivity index (χ1v) is 8.15. The smallest absolute Gasteiger partial charge is 0.146 e. The van der Waals surface area contributed by atoms with Gasteiger partial charge in [0.15, 0.2) is 0 Å². The summed E-state index contributed by atoms with van der Waals surface area (Å²) in [6, 6.07) is 0. The van der Waals surface area contributed by atoms with Crippen molar-refractivity contribution in [2.45, 2.75) is 17.4 Å². The standard InChI is InChI=1S/C9H10ClIN2S2/c1-5-7(15-3-2-14-5)9-12-4-6(11)8(10)13-9/h4-5,7H,2-3H2,1H3. The summed E-state index contributed by atoms with van der Waals surface area (Å²) in [7, 11) is 0. The SMILES string of the molecule is CC1SCCSC1c1ncc(I)c(Cl)n1. The molecular formula is C9H10ClIN2S2. The predicted molar refractivity (Wildman–Crippen MR) is 76.9 cm³/mol. The van der Waals surface area contributed by atoms with Gasteiger partial charge in [-0.3, -0.25) is 0 Å². The molecule has 1 aliphatic rings. The van der Waals surface area contributed by atoms with Crippen LogP contribution in [-0.2, 0) is 0 Å². The number of aromatic nitrogens is 2. The zero-order chi connectivity index (χ0) is 10.8. The van der Waals surface area contributed by atoms with Crippen LogP contribution >= 0.6 is 57.7 Å². The lowest BCUT2D eigenvalue weighted by Gasteiger charge is -2.26. The number of rotatable bonds is 1. The molecule has 0 radical (unpaired) electrons. The van der Waals surface area contributed by atoms with Gasteiger partial charge in [0.25, 0.3) is 0 Å². The Balaban J connectivity index is 2.24. The van der Waals surface area contributed by atoms with E-state index < -0.39 is 0 Å². The Hall–Kier alpha value is 0.800. The average Bonchev–Trinajstić information content (AvgIpc) is 2.23. The van der Waals surface area contributed by atoms with Crippen molar-refractivity contribution in [3.63, 3.8) is 0 Å². The number of hydrogen-bond acceptors (Lipinski definition) is 4. The van der Waals surface area contributed by atoms with Crippen LogP contribution in [0.15, 0.2) is 6.20 Å². The fourth-order valence-electron chi connectivity index (χ4n) is 1.41. The first kappa shape index (κ1) is 12.3. The lowest BCUT2D eigenvalue weighted by Crippen LogP contribution is -2.18. The zero-order valence-corrected chi connectivity index (χ0v) is 12.7. The Morgan fingerprint density at radius 1 is 1.47 bits per heavy atom. The molecule has 6 heteroatoms. The van der Waals surface area contributed by atoms with Gasteiger partial charge in [0, 0.05) is 23.0 Å². The molecule has 0 aliphatic carbocycles. The van der Waals surface area contributed by atoms with Crippen LogP contribution < -0.4 is 0 Å². The highest BCUT2D eigenvalue weighted by atomic mass is 127. The molecule has 15 heavy (non-hydrogen) atoms. The van der Waals surface area contributed by atoms with Crippen LogP contribution in [0.4, 0.5) is 0 Å². The highest BCUT2D eigenvalue weighted by molar-refractivity contribution is 14.1. The summed E-state index contributed by atoms with van der Waals surface area (Å²) >= 11 is 12.1. The van der Waals surface area contributed by atoms with Gasteiger partial charge in [-0.15, -0.1) is 11.8 Å². The van der Waals surface area contributed by atoms with E-state index in [1.54, 1.807) is 6.20 Å². The molecule has 0 aromatic carbocycles. The Labute approximate surface area is 117 Å². The Morgan fingerprint density at radius 2 is 2.20 bits per heavy atom. The molecule has 82 valence electrons. The molecule has 2 unspecified atom stereocenters. The highest BCUT2D eigenvalue weighted by Crippen LogP contribution is 2.41. The molecule has 0 N–H and O–H groups in total. The van der Waals surface area contributed by atoms with Crippen molar-refractivity contribution < 1.29 is 0 Å². The van der Waals surface area contributed by atoms with Crippen molar-refractivity contribution in [2.75, 3.05) is 11.5 Å². The van der Waals surface area contributed by atoms with Crippen molar-refractivity contribution in [1.29, 1.82) is 0 Å². The van der Waals surface area contributed by atoms with Crippen molar-refractivity contribution in [3.05, 3.63) is 20.7 Å². The molecular weight excluding hydrogens is 363 g/mol. The molecule has 1 aromatic heterocycles. The maximum atomic E-state index is 6.01. The van der Waals surface area contributed by atoms with Gasteiger partial charge in [0.2, 0.25) is 0 Å². The first-order valence-electron chi connectivity index (χ1n) is 4.59. The summed E-state index contributed by atoms with van der Waals surface area (Å²) in [6.07, 6.45) is 1.80. The summed E-state index contributed by atoms with van der Waals surface area (Å²) < 4.78 is 0.916. The summed E-state index contributed by atoms with van der Waals surface area (Å²) in [5, 5.41) is 1.53. The minimum atomic E-state index is 0.387. The van der Waals surface area contributed by atoms with Crippen LogP contribution in [0.2, 0.25) is 5.15 Å². The molecule has 0 saturated carbocycles. The van der Waals surface area contributed by atoms with Gasteiger partial charge < -0.3 is 0 Å². The molecule has 1 fully saturated rings. The van der Waals surface area contributed by atoms with Gasteiger partial charge in [-0.1, -0.05) is 18.5 Å². The van der Waals surface area contributed by atoms with E-state index in [1.807, 2.05) is 23.5 Å². The van der Waals surface area contributed by atoms with Gasteiger partial charge in [-0.25, -0.2) is 9.97 Å². The second-order valence-corrected chi connectivity index (χ2v) is 7.49. The van der Waals surface area contributed by atoms with E-state index in [2.05, 4.69) is 39.5 Å². The van der Waals surface area contributed by atoms with Crippen LogP contribution in [-0.4, -0.2) is 26.7 Å². The van der Waals surface area contributed by atoms with E-state index in [1.165, 1.54) is 11.5 Å². The summed E-state index contributed by atoms with van der Waals surface area (Å²) in [6.45, 7) is 2.23. The Bertz CT molecular complexity index is 364. The largest absolute Gasteiger partial charge is 0.239 e. The topological polar surface area (TPSA) is 25.8 Å².